The number of hydrogen-bond acceptors (Lipinski definition) is 6. The van der Waals surface area contributed by atoms with E-state index in [9.17, 15) is 14.0 Å². The maximum atomic E-state index is 13.2. The van der Waals surface area contributed by atoms with Crippen molar-refractivity contribution in [2.24, 2.45) is 0 Å². The molecule has 4 rings (SSSR count). The van der Waals surface area contributed by atoms with Crippen LogP contribution in [0.15, 0.2) is 57.1 Å². The minimum atomic E-state index is -0.410. The van der Waals surface area contributed by atoms with Gasteiger partial charge in [0.2, 0.25) is 5.91 Å². The van der Waals surface area contributed by atoms with Crippen molar-refractivity contribution in [1.82, 2.24) is 15.3 Å². The summed E-state index contributed by atoms with van der Waals surface area (Å²) >= 11 is 4.14. The SMILES string of the molecule is CC(Sc1nc2scc(-c3ccc(F)cc3)c2c(=O)[nH]1)C(=O)NCc1cccs1. The van der Waals surface area contributed by atoms with Gasteiger partial charge in [-0.05, 0) is 36.1 Å². The molecule has 1 atom stereocenters. The number of nitrogens with one attached hydrogen (secondary N) is 2. The molecule has 0 aliphatic carbocycles. The van der Waals surface area contributed by atoms with Crippen molar-refractivity contribution in [3.05, 3.63) is 68.2 Å². The van der Waals surface area contributed by atoms with Crippen LogP contribution in [0.4, 0.5) is 4.39 Å². The Kier molecular flexibility index (Phi) is 5.79. The van der Waals surface area contributed by atoms with Crippen LogP contribution in [-0.2, 0) is 11.3 Å². The summed E-state index contributed by atoms with van der Waals surface area (Å²) in [6.07, 6.45) is 0. The molecule has 0 bridgehead atoms. The lowest BCUT2D eigenvalue weighted by atomic mass is 10.1. The first-order valence-corrected chi connectivity index (χ1v) is 11.4. The van der Waals surface area contributed by atoms with E-state index in [2.05, 4.69) is 15.3 Å². The third-order valence-electron chi connectivity index (χ3n) is 4.25. The fourth-order valence-electron chi connectivity index (χ4n) is 2.78. The molecule has 3 heterocycles. The van der Waals surface area contributed by atoms with E-state index in [1.807, 2.05) is 22.9 Å². The molecular weight excluding hydrogens is 429 g/mol. The smallest absolute Gasteiger partial charge is 0.260 e. The molecule has 5 nitrogen and oxygen atoms in total. The lowest BCUT2D eigenvalue weighted by Crippen LogP contribution is -2.30. The molecule has 2 N–H and O–H groups in total. The van der Waals surface area contributed by atoms with Crippen molar-refractivity contribution < 1.29 is 9.18 Å². The third kappa shape index (κ3) is 4.42. The van der Waals surface area contributed by atoms with Gasteiger partial charge in [0.05, 0.1) is 17.2 Å². The summed E-state index contributed by atoms with van der Waals surface area (Å²) in [6.45, 7) is 2.26. The van der Waals surface area contributed by atoms with Gasteiger partial charge >= 0.3 is 0 Å². The highest BCUT2D eigenvalue weighted by atomic mass is 32.2. The summed E-state index contributed by atoms with van der Waals surface area (Å²) in [7, 11) is 0. The van der Waals surface area contributed by atoms with E-state index in [1.165, 1.54) is 35.2 Å². The molecule has 1 unspecified atom stereocenters. The lowest BCUT2D eigenvalue weighted by Gasteiger charge is -2.10. The van der Waals surface area contributed by atoms with Crippen molar-refractivity contribution >= 4 is 50.6 Å². The van der Waals surface area contributed by atoms with Crippen molar-refractivity contribution in [1.29, 1.82) is 0 Å². The largest absolute Gasteiger partial charge is 0.350 e. The Morgan fingerprint density at radius 2 is 2.07 bits per heavy atom. The van der Waals surface area contributed by atoms with Crippen LogP contribution < -0.4 is 10.9 Å². The molecule has 1 aromatic carbocycles. The van der Waals surface area contributed by atoms with E-state index >= 15 is 0 Å². The summed E-state index contributed by atoms with van der Waals surface area (Å²) in [6, 6.07) is 9.90. The Morgan fingerprint density at radius 1 is 1.28 bits per heavy atom. The maximum absolute atomic E-state index is 13.2. The van der Waals surface area contributed by atoms with Crippen LogP contribution in [-0.4, -0.2) is 21.1 Å². The summed E-state index contributed by atoms with van der Waals surface area (Å²) in [5, 5.41) is 7.15. The van der Waals surface area contributed by atoms with Gasteiger partial charge in [-0.3, -0.25) is 9.59 Å². The topological polar surface area (TPSA) is 74.8 Å². The molecular formula is C20H16FN3O2S3. The zero-order valence-corrected chi connectivity index (χ0v) is 17.7. The quantitative estimate of drug-likeness (QED) is 0.335. The van der Waals surface area contributed by atoms with Crippen molar-refractivity contribution in [3.8, 4) is 11.1 Å². The van der Waals surface area contributed by atoms with Gasteiger partial charge in [-0.25, -0.2) is 9.37 Å². The number of amides is 1. The number of fused-ring (bicyclic) bond motifs is 1. The number of rotatable bonds is 6. The summed E-state index contributed by atoms with van der Waals surface area (Å²) in [5.41, 5.74) is 1.20. The van der Waals surface area contributed by atoms with E-state index in [4.69, 9.17) is 0 Å². The number of carbonyl (C=O) groups is 1. The standard InChI is InChI=1S/C20H16FN3O2S3/c1-11(17(25)22-9-14-3-2-8-27-14)29-20-23-18(26)16-15(10-28-19(16)24-20)12-4-6-13(21)7-5-12/h2-8,10-11H,9H2,1H3,(H,22,25)(H,23,24,26). The van der Waals surface area contributed by atoms with Crippen LogP contribution in [0.5, 0.6) is 0 Å². The molecule has 29 heavy (non-hydrogen) atoms. The second kappa shape index (κ2) is 8.48. The molecule has 0 fully saturated rings. The van der Waals surface area contributed by atoms with Crippen LogP contribution in [0.25, 0.3) is 21.3 Å². The molecule has 0 aliphatic heterocycles. The van der Waals surface area contributed by atoms with Crippen LogP contribution >= 0.6 is 34.4 Å². The zero-order valence-electron chi connectivity index (χ0n) is 15.3. The second-order valence-electron chi connectivity index (χ2n) is 6.26. The number of H-pyrrole nitrogens is 1. The van der Waals surface area contributed by atoms with Gasteiger partial charge in [-0.2, -0.15) is 0 Å². The van der Waals surface area contributed by atoms with Crippen molar-refractivity contribution in [3.63, 3.8) is 0 Å². The molecule has 3 aromatic heterocycles. The normalized spacial score (nSPS) is 12.2. The predicted octanol–water partition coefficient (Wildman–Crippen LogP) is 4.65. The number of benzene rings is 1. The first-order valence-electron chi connectivity index (χ1n) is 8.75. The summed E-state index contributed by atoms with van der Waals surface area (Å²) in [5.74, 6) is -0.449. The minimum Gasteiger partial charge on any atom is -0.350 e. The fourth-order valence-corrected chi connectivity index (χ4v) is 5.25. The van der Waals surface area contributed by atoms with E-state index in [0.29, 0.717) is 21.9 Å². The first-order chi connectivity index (χ1) is 14.0. The van der Waals surface area contributed by atoms with Crippen LogP contribution in [0.2, 0.25) is 0 Å². The Balaban J connectivity index is 1.52. The molecule has 1 amide bonds. The van der Waals surface area contributed by atoms with Gasteiger partial charge in [0.25, 0.3) is 5.56 Å². The van der Waals surface area contributed by atoms with Gasteiger partial charge in [0, 0.05) is 15.8 Å². The number of aromatic nitrogens is 2. The predicted molar refractivity (Wildman–Crippen MR) is 117 cm³/mol. The van der Waals surface area contributed by atoms with E-state index in [-0.39, 0.29) is 17.3 Å². The van der Waals surface area contributed by atoms with Gasteiger partial charge in [-0.15, -0.1) is 22.7 Å². The van der Waals surface area contributed by atoms with Crippen LogP contribution in [0.3, 0.4) is 0 Å². The number of hydrogen-bond donors (Lipinski definition) is 2. The van der Waals surface area contributed by atoms with Crippen LogP contribution in [0.1, 0.15) is 11.8 Å². The number of thioether (sulfide) groups is 1. The average Bonchev–Trinajstić information content (AvgIpc) is 3.36. The van der Waals surface area contributed by atoms with E-state index < -0.39 is 5.25 Å². The van der Waals surface area contributed by atoms with E-state index in [0.717, 1.165) is 16.0 Å². The molecule has 0 saturated heterocycles. The molecule has 4 aromatic rings. The highest BCUT2D eigenvalue weighted by Crippen LogP contribution is 2.32. The average molecular weight is 446 g/mol. The molecule has 148 valence electrons. The molecule has 9 heteroatoms. The highest BCUT2D eigenvalue weighted by Gasteiger charge is 2.18. The Bertz CT molecular complexity index is 1200. The second-order valence-corrected chi connectivity index (χ2v) is 9.48. The minimum absolute atomic E-state index is 0.121. The fraction of sp³-hybridized carbons (Fsp3) is 0.150. The number of carbonyl (C=O) groups excluding carboxylic acids is 1. The van der Waals surface area contributed by atoms with Crippen LogP contribution in [0, 0.1) is 5.82 Å². The number of nitrogens with zero attached hydrogens (tertiary/aromatic N) is 1. The Morgan fingerprint density at radius 3 is 2.79 bits per heavy atom. The van der Waals surface area contributed by atoms with Gasteiger partial charge < -0.3 is 10.3 Å². The van der Waals surface area contributed by atoms with E-state index in [1.54, 1.807) is 30.4 Å². The zero-order chi connectivity index (χ0) is 20.4. The summed E-state index contributed by atoms with van der Waals surface area (Å²) in [4.78, 5) is 33.9. The number of thiophene rings is 2. The molecule has 0 spiro atoms. The van der Waals surface area contributed by atoms with Crippen molar-refractivity contribution in [2.45, 2.75) is 23.9 Å². The Hall–Kier alpha value is -2.49. The maximum Gasteiger partial charge on any atom is 0.260 e. The van der Waals surface area contributed by atoms with Gasteiger partial charge in [0.15, 0.2) is 5.16 Å². The molecule has 0 saturated carbocycles. The third-order valence-corrected chi connectivity index (χ3v) is 6.98. The van der Waals surface area contributed by atoms with Crippen molar-refractivity contribution in [2.75, 3.05) is 0 Å². The monoisotopic (exact) mass is 445 g/mol. The van der Waals surface area contributed by atoms with Gasteiger partial charge in [-0.1, -0.05) is 30.0 Å². The Labute approximate surface area is 178 Å². The summed E-state index contributed by atoms with van der Waals surface area (Å²) < 4.78 is 13.2. The highest BCUT2D eigenvalue weighted by molar-refractivity contribution is 8.00. The molecule has 0 aliphatic rings. The van der Waals surface area contributed by atoms with Gasteiger partial charge in [0.1, 0.15) is 10.6 Å². The lowest BCUT2D eigenvalue weighted by molar-refractivity contribution is -0.120. The molecule has 0 radical (unpaired) electrons. The first kappa shape index (κ1) is 19.8. The number of aromatic amines is 1. The number of halogens is 1.